The van der Waals surface area contributed by atoms with Crippen LogP contribution in [-0.2, 0) is 0 Å². The topological polar surface area (TPSA) is 139 Å². The van der Waals surface area contributed by atoms with Gasteiger partial charge in [0.15, 0.2) is 0 Å². The molecule has 2 aromatic carbocycles. The van der Waals surface area contributed by atoms with Gasteiger partial charge in [-0.15, -0.1) is 0 Å². The molecule has 0 unspecified atom stereocenters. The fraction of sp³-hybridized carbons (Fsp3) is 0.364. The summed E-state index contributed by atoms with van der Waals surface area (Å²) in [4.78, 5) is 27.1. The number of rotatable bonds is 8. The SMILES string of the molecule is C[N+](C)(O)CCNc1c(Cl)c(Cl)c(NCC[N+](C)(C)O)c2c1C(=O)c1c(O)ccc(O)c1C2=O. The first kappa shape index (κ1) is 26.0. The average Bonchev–Trinajstić information content (AvgIpc) is 2.70. The largest absolute Gasteiger partial charge is 0.507 e. The Kier molecular flexibility index (Phi) is 7.05. The molecule has 0 aromatic heterocycles. The van der Waals surface area contributed by atoms with Gasteiger partial charge in [-0.2, -0.15) is 9.29 Å². The maximum Gasteiger partial charge on any atom is 0.200 e. The van der Waals surface area contributed by atoms with Crippen molar-refractivity contribution in [2.75, 3.05) is 65.0 Å². The first-order chi connectivity index (χ1) is 15.6. The Morgan fingerprint density at radius 2 is 1.03 bits per heavy atom. The van der Waals surface area contributed by atoms with Gasteiger partial charge in [-0.05, 0) is 12.1 Å². The minimum absolute atomic E-state index is 0.0341. The molecule has 6 N–H and O–H groups in total. The van der Waals surface area contributed by atoms with Gasteiger partial charge in [0.1, 0.15) is 24.6 Å². The minimum Gasteiger partial charge on any atom is -0.507 e. The lowest BCUT2D eigenvalue weighted by Gasteiger charge is -2.28. The second kappa shape index (κ2) is 9.21. The van der Waals surface area contributed by atoms with Gasteiger partial charge in [0.05, 0.1) is 85.0 Å². The molecule has 0 saturated heterocycles. The van der Waals surface area contributed by atoms with Crippen LogP contribution in [-0.4, -0.2) is 95.9 Å². The van der Waals surface area contributed by atoms with Crippen molar-refractivity contribution in [3.05, 3.63) is 44.4 Å². The maximum absolute atomic E-state index is 13.6. The number of quaternary nitrogens is 2. The van der Waals surface area contributed by atoms with Crippen molar-refractivity contribution < 1.29 is 39.5 Å². The van der Waals surface area contributed by atoms with Gasteiger partial charge < -0.3 is 20.8 Å². The standard InChI is InChI=1S/C22H26Cl2N4O6/c1-27(2,33)9-7-25-19-15-16(20(18(24)17(19)23)26-8-10-28(3,4)34)22(32)14-12(30)6-5-11(29)13(14)21(15)31/h5-6,33-34H,7-10H2,1-4H3,(H2-2,25,26,29,30,31,32)/p+2. The number of phenolic OH excluding ortho intramolecular Hbond substituents is 2. The van der Waals surface area contributed by atoms with E-state index in [-0.39, 0.29) is 79.1 Å². The van der Waals surface area contributed by atoms with Gasteiger partial charge in [0.2, 0.25) is 11.6 Å². The average molecular weight is 515 g/mol. The van der Waals surface area contributed by atoms with Gasteiger partial charge in [-0.25, -0.2) is 10.4 Å². The summed E-state index contributed by atoms with van der Waals surface area (Å²) < 4.78 is -0.723. The molecular weight excluding hydrogens is 487 g/mol. The molecule has 0 radical (unpaired) electrons. The second-order valence-corrected chi connectivity index (χ2v) is 9.94. The van der Waals surface area contributed by atoms with Crippen LogP contribution in [0, 0.1) is 0 Å². The van der Waals surface area contributed by atoms with Crippen molar-refractivity contribution in [3.8, 4) is 11.5 Å². The van der Waals surface area contributed by atoms with Crippen LogP contribution in [0.3, 0.4) is 0 Å². The highest BCUT2D eigenvalue weighted by Gasteiger charge is 2.40. The summed E-state index contributed by atoms with van der Waals surface area (Å²) in [5.74, 6) is -2.37. The maximum atomic E-state index is 13.6. The molecule has 3 rings (SSSR count). The van der Waals surface area contributed by atoms with Crippen LogP contribution in [0.1, 0.15) is 31.8 Å². The molecule has 0 spiro atoms. The van der Waals surface area contributed by atoms with Gasteiger partial charge in [-0.3, -0.25) is 9.59 Å². The number of likely N-dealkylation sites (N-methyl/N-ethyl adjacent to an activating group) is 2. The Morgan fingerprint density at radius 1 is 0.706 bits per heavy atom. The molecule has 0 aliphatic heterocycles. The van der Waals surface area contributed by atoms with E-state index in [9.17, 15) is 30.2 Å². The number of ketones is 2. The third kappa shape index (κ3) is 5.07. The molecule has 0 atom stereocenters. The summed E-state index contributed by atoms with van der Waals surface area (Å²) in [7, 11) is 6.24. The number of benzene rings is 2. The van der Waals surface area contributed by atoms with Crippen molar-refractivity contribution in [1.82, 2.24) is 0 Å². The van der Waals surface area contributed by atoms with Gasteiger partial charge in [0, 0.05) is 0 Å². The predicted octanol–water partition coefficient (Wildman–Crippen LogP) is 2.94. The Labute approximate surface area is 206 Å². The number of fused-ring (bicyclic) bond motifs is 2. The molecule has 12 heteroatoms. The van der Waals surface area contributed by atoms with Gasteiger partial charge >= 0.3 is 0 Å². The molecule has 0 saturated carbocycles. The van der Waals surface area contributed by atoms with Crippen molar-refractivity contribution >= 4 is 46.1 Å². The summed E-state index contributed by atoms with van der Waals surface area (Å²) in [6, 6.07) is 2.25. The quantitative estimate of drug-likeness (QED) is 0.153. The highest BCUT2D eigenvalue weighted by molar-refractivity contribution is 6.48. The lowest BCUT2D eigenvalue weighted by Crippen LogP contribution is -2.40. The van der Waals surface area contributed by atoms with Gasteiger partial charge in [0.25, 0.3) is 0 Å². The molecule has 0 fully saturated rings. The number of hydrogen-bond donors (Lipinski definition) is 6. The Hall–Kier alpha value is -2.60. The van der Waals surface area contributed by atoms with E-state index in [1.165, 1.54) is 0 Å². The number of nitrogens with zero attached hydrogens (tertiary/aromatic N) is 2. The van der Waals surface area contributed by atoms with Crippen molar-refractivity contribution in [3.63, 3.8) is 0 Å². The normalized spacial score (nSPS) is 13.5. The fourth-order valence-corrected chi connectivity index (χ4v) is 4.19. The highest BCUT2D eigenvalue weighted by Crippen LogP contribution is 2.48. The zero-order valence-electron chi connectivity index (χ0n) is 19.2. The number of nitrogens with one attached hydrogen (secondary N) is 2. The zero-order chi connectivity index (χ0) is 25.6. The zero-order valence-corrected chi connectivity index (χ0v) is 20.8. The van der Waals surface area contributed by atoms with E-state index < -0.39 is 23.1 Å². The Morgan fingerprint density at radius 3 is 1.32 bits per heavy atom. The van der Waals surface area contributed by atoms with Crippen molar-refractivity contribution in [1.29, 1.82) is 0 Å². The summed E-state index contributed by atoms with van der Waals surface area (Å²) >= 11 is 13.1. The van der Waals surface area contributed by atoms with Crippen molar-refractivity contribution in [2.24, 2.45) is 0 Å². The van der Waals surface area contributed by atoms with Crippen molar-refractivity contribution in [2.45, 2.75) is 0 Å². The number of halogens is 2. The highest BCUT2D eigenvalue weighted by atomic mass is 35.5. The van der Waals surface area contributed by atoms with E-state index in [0.717, 1.165) is 12.1 Å². The molecule has 184 valence electrons. The first-order valence-electron chi connectivity index (χ1n) is 10.4. The van der Waals surface area contributed by atoms with Crippen LogP contribution in [0.4, 0.5) is 11.4 Å². The number of aromatic hydroxyl groups is 2. The summed E-state index contributed by atoms with van der Waals surface area (Å²) in [6.07, 6.45) is 0. The van der Waals surface area contributed by atoms with E-state index >= 15 is 0 Å². The molecule has 1 aliphatic rings. The summed E-state index contributed by atoms with van der Waals surface area (Å²) in [5, 5.41) is 46.6. The molecule has 0 bridgehead atoms. The number of hydroxylamine groups is 6. The molecule has 0 amide bonds. The summed E-state index contributed by atoms with van der Waals surface area (Å²) in [6.45, 7) is 0.818. The Balaban J connectivity index is 2.22. The van der Waals surface area contributed by atoms with Crippen LogP contribution >= 0.6 is 23.2 Å². The van der Waals surface area contributed by atoms with E-state index in [1.807, 2.05) is 0 Å². The molecule has 34 heavy (non-hydrogen) atoms. The lowest BCUT2D eigenvalue weighted by atomic mass is 9.81. The fourth-order valence-electron chi connectivity index (χ4n) is 3.67. The van der Waals surface area contributed by atoms with E-state index in [4.69, 9.17) is 23.2 Å². The minimum atomic E-state index is -0.724. The predicted molar refractivity (Wildman–Crippen MR) is 128 cm³/mol. The number of carbonyl (C=O) groups is 2. The van der Waals surface area contributed by atoms with E-state index in [1.54, 1.807) is 28.2 Å². The van der Waals surface area contributed by atoms with Crippen LogP contribution in [0.25, 0.3) is 0 Å². The lowest BCUT2D eigenvalue weighted by molar-refractivity contribution is -1.07. The number of phenols is 2. The molecule has 10 nitrogen and oxygen atoms in total. The number of carbonyl (C=O) groups excluding carboxylic acids is 2. The van der Waals surface area contributed by atoms with E-state index in [0.29, 0.717) is 0 Å². The number of hydrogen-bond acceptors (Lipinski definition) is 8. The Bertz CT molecular complexity index is 1080. The third-order valence-electron chi connectivity index (χ3n) is 5.37. The van der Waals surface area contributed by atoms with Crippen LogP contribution in [0.15, 0.2) is 12.1 Å². The number of anilines is 2. The second-order valence-electron chi connectivity index (χ2n) is 9.18. The monoisotopic (exact) mass is 514 g/mol. The van der Waals surface area contributed by atoms with Crippen LogP contribution in [0.2, 0.25) is 10.0 Å². The third-order valence-corrected chi connectivity index (χ3v) is 6.23. The van der Waals surface area contributed by atoms with Gasteiger partial charge in [-0.1, -0.05) is 23.2 Å². The van der Waals surface area contributed by atoms with Crippen LogP contribution in [0.5, 0.6) is 11.5 Å². The molecule has 0 heterocycles. The molecule has 2 aromatic rings. The van der Waals surface area contributed by atoms with E-state index in [2.05, 4.69) is 10.6 Å². The summed E-state index contributed by atoms with van der Waals surface area (Å²) in [5.41, 5.74) is -0.753. The molecular formula is C22H28Cl2N4O6+2. The smallest absolute Gasteiger partial charge is 0.200 e. The molecule has 1 aliphatic carbocycles. The van der Waals surface area contributed by atoms with Crippen LogP contribution < -0.4 is 10.6 Å². The first-order valence-corrected chi connectivity index (χ1v) is 11.2.